The zero-order chi connectivity index (χ0) is 13.1. The molecular formula is C16H28O2. The average Bonchev–Trinajstić information content (AvgIpc) is 2.57. The molecule has 1 saturated heterocycles. The van der Waals surface area contributed by atoms with Crippen molar-refractivity contribution in [3.8, 4) is 0 Å². The van der Waals surface area contributed by atoms with Gasteiger partial charge in [-0.15, -0.1) is 0 Å². The van der Waals surface area contributed by atoms with Gasteiger partial charge in [-0.05, 0) is 38.2 Å². The van der Waals surface area contributed by atoms with Gasteiger partial charge in [0.15, 0.2) is 0 Å². The van der Waals surface area contributed by atoms with Crippen molar-refractivity contribution >= 4 is 5.97 Å². The second-order valence-corrected chi connectivity index (χ2v) is 5.26. The Morgan fingerprint density at radius 1 is 1.17 bits per heavy atom. The van der Waals surface area contributed by atoms with Crippen LogP contribution >= 0.6 is 0 Å². The van der Waals surface area contributed by atoms with E-state index in [-0.39, 0.29) is 12.1 Å². The fourth-order valence-electron chi connectivity index (χ4n) is 2.33. The molecule has 1 heterocycles. The minimum Gasteiger partial charge on any atom is -0.458 e. The summed E-state index contributed by atoms with van der Waals surface area (Å²) in [5.41, 5.74) is 0. The molecule has 0 bridgehead atoms. The summed E-state index contributed by atoms with van der Waals surface area (Å²) in [5, 5.41) is 0. The van der Waals surface area contributed by atoms with Gasteiger partial charge in [0.2, 0.25) is 0 Å². The number of esters is 1. The van der Waals surface area contributed by atoms with Gasteiger partial charge in [-0.2, -0.15) is 0 Å². The van der Waals surface area contributed by atoms with E-state index in [1.807, 2.05) is 0 Å². The molecule has 0 radical (unpaired) electrons. The Hall–Kier alpha value is -0.790. The summed E-state index contributed by atoms with van der Waals surface area (Å²) in [5.74, 6) is -0.0262. The Bertz CT molecular complexity index is 245. The maximum atomic E-state index is 11.3. The first-order chi connectivity index (χ1) is 8.83. The monoisotopic (exact) mass is 252 g/mol. The molecule has 0 saturated carbocycles. The van der Waals surface area contributed by atoms with Crippen molar-refractivity contribution in [3.63, 3.8) is 0 Å². The number of carbonyl (C=O) groups is 1. The Labute approximate surface area is 112 Å². The van der Waals surface area contributed by atoms with Gasteiger partial charge in [0.05, 0.1) is 0 Å². The number of cyclic esters (lactones) is 1. The van der Waals surface area contributed by atoms with E-state index < -0.39 is 0 Å². The summed E-state index contributed by atoms with van der Waals surface area (Å²) in [6.07, 6.45) is 17.2. The highest BCUT2D eigenvalue weighted by atomic mass is 16.5. The van der Waals surface area contributed by atoms with E-state index in [1.54, 1.807) is 0 Å². The number of carbonyl (C=O) groups excluding carboxylic acids is 1. The summed E-state index contributed by atoms with van der Waals surface area (Å²) in [6, 6.07) is 0. The zero-order valence-electron chi connectivity index (χ0n) is 11.8. The Balaban J connectivity index is 2.03. The van der Waals surface area contributed by atoms with Crippen LogP contribution in [0.1, 0.15) is 77.6 Å². The normalized spacial score (nSPS) is 20.9. The van der Waals surface area contributed by atoms with Crippen molar-refractivity contribution in [1.82, 2.24) is 0 Å². The van der Waals surface area contributed by atoms with Crippen LogP contribution in [0.15, 0.2) is 12.2 Å². The fraction of sp³-hybridized carbons (Fsp3) is 0.812. The molecule has 1 atom stereocenters. The van der Waals surface area contributed by atoms with E-state index >= 15 is 0 Å². The van der Waals surface area contributed by atoms with Crippen LogP contribution in [0.25, 0.3) is 0 Å². The summed E-state index contributed by atoms with van der Waals surface area (Å²) < 4.78 is 5.35. The first-order valence-electron chi connectivity index (χ1n) is 7.69. The average molecular weight is 252 g/mol. The zero-order valence-corrected chi connectivity index (χ0v) is 11.8. The van der Waals surface area contributed by atoms with E-state index in [0.29, 0.717) is 6.42 Å². The van der Waals surface area contributed by atoms with Crippen molar-refractivity contribution in [3.05, 3.63) is 12.2 Å². The third-order valence-electron chi connectivity index (χ3n) is 3.48. The number of ether oxygens (including phenoxy) is 1. The maximum Gasteiger partial charge on any atom is 0.306 e. The lowest BCUT2D eigenvalue weighted by Crippen LogP contribution is -2.12. The predicted molar refractivity (Wildman–Crippen MR) is 75.5 cm³/mol. The van der Waals surface area contributed by atoms with Crippen molar-refractivity contribution in [2.24, 2.45) is 0 Å². The smallest absolute Gasteiger partial charge is 0.306 e. The second kappa shape index (κ2) is 10.2. The van der Waals surface area contributed by atoms with E-state index in [0.717, 1.165) is 25.7 Å². The first-order valence-corrected chi connectivity index (χ1v) is 7.69. The molecule has 18 heavy (non-hydrogen) atoms. The lowest BCUT2D eigenvalue weighted by atomic mass is 10.1. The number of hydrogen-bond acceptors (Lipinski definition) is 2. The summed E-state index contributed by atoms with van der Waals surface area (Å²) in [7, 11) is 0. The maximum absolute atomic E-state index is 11.3. The number of hydrogen-bond donors (Lipinski definition) is 0. The van der Waals surface area contributed by atoms with Gasteiger partial charge < -0.3 is 4.74 Å². The van der Waals surface area contributed by atoms with Gasteiger partial charge in [0.25, 0.3) is 0 Å². The molecular weight excluding hydrogens is 224 g/mol. The lowest BCUT2D eigenvalue weighted by molar-refractivity contribution is -0.145. The molecule has 1 fully saturated rings. The molecule has 104 valence electrons. The quantitative estimate of drug-likeness (QED) is 0.353. The molecule has 1 rings (SSSR count). The molecule has 0 amide bonds. The molecule has 2 nitrogen and oxygen atoms in total. The largest absolute Gasteiger partial charge is 0.458 e. The van der Waals surface area contributed by atoms with E-state index in [1.165, 1.54) is 38.5 Å². The molecule has 0 aromatic carbocycles. The Kier molecular flexibility index (Phi) is 8.62. The van der Waals surface area contributed by atoms with Crippen molar-refractivity contribution in [2.75, 3.05) is 0 Å². The molecule has 0 aromatic rings. The van der Waals surface area contributed by atoms with Crippen molar-refractivity contribution in [2.45, 2.75) is 83.7 Å². The van der Waals surface area contributed by atoms with Gasteiger partial charge in [0.1, 0.15) is 6.10 Å². The van der Waals surface area contributed by atoms with Crippen LogP contribution in [0.4, 0.5) is 0 Å². The fourth-order valence-corrected chi connectivity index (χ4v) is 2.33. The highest BCUT2D eigenvalue weighted by Gasteiger charge is 2.15. The van der Waals surface area contributed by atoms with E-state index in [2.05, 4.69) is 19.1 Å². The van der Waals surface area contributed by atoms with Crippen LogP contribution in [0, 0.1) is 0 Å². The first kappa shape index (κ1) is 15.3. The highest BCUT2D eigenvalue weighted by molar-refractivity contribution is 5.69. The molecule has 1 unspecified atom stereocenters. The van der Waals surface area contributed by atoms with Crippen LogP contribution in [-0.2, 0) is 9.53 Å². The molecule has 0 spiro atoms. The standard InChI is InChI=1S/C16H28O2/c1-2-3-4-5-6-7-8-9-12-15-13-10-11-14-16(17)18-15/h9,12,15H,2-8,10-11,13-14H2,1H3. The Morgan fingerprint density at radius 2 is 1.94 bits per heavy atom. The van der Waals surface area contributed by atoms with Crippen LogP contribution < -0.4 is 0 Å². The molecule has 0 aliphatic carbocycles. The third kappa shape index (κ3) is 7.52. The molecule has 1 aliphatic rings. The molecule has 2 heteroatoms. The Morgan fingerprint density at radius 3 is 2.78 bits per heavy atom. The van der Waals surface area contributed by atoms with Crippen LogP contribution in [-0.4, -0.2) is 12.1 Å². The summed E-state index contributed by atoms with van der Waals surface area (Å²) in [6.45, 7) is 2.25. The van der Waals surface area contributed by atoms with Crippen LogP contribution in [0.3, 0.4) is 0 Å². The highest BCUT2D eigenvalue weighted by Crippen LogP contribution is 2.15. The van der Waals surface area contributed by atoms with Gasteiger partial charge in [-0.3, -0.25) is 4.79 Å². The summed E-state index contributed by atoms with van der Waals surface area (Å²) in [4.78, 5) is 11.3. The SMILES string of the molecule is CCCCCCCCC=CC1CCCCC(=O)O1. The molecule has 0 N–H and O–H groups in total. The topological polar surface area (TPSA) is 26.3 Å². The van der Waals surface area contributed by atoms with E-state index in [4.69, 9.17) is 4.74 Å². The van der Waals surface area contributed by atoms with Crippen LogP contribution in [0.5, 0.6) is 0 Å². The molecule has 0 aromatic heterocycles. The van der Waals surface area contributed by atoms with Crippen molar-refractivity contribution < 1.29 is 9.53 Å². The summed E-state index contributed by atoms with van der Waals surface area (Å²) >= 11 is 0. The van der Waals surface area contributed by atoms with Gasteiger partial charge >= 0.3 is 5.97 Å². The lowest BCUT2D eigenvalue weighted by Gasteiger charge is -2.09. The van der Waals surface area contributed by atoms with Crippen molar-refractivity contribution in [1.29, 1.82) is 0 Å². The van der Waals surface area contributed by atoms with Gasteiger partial charge in [0, 0.05) is 6.42 Å². The number of unbranched alkanes of at least 4 members (excludes halogenated alkanes) is 6. The van der Waals surface area contributed by atoms with Gasteiger partial charge in [-0.1, -0.05) is 45.1 Å². The van der Waals surface area contributed by atoms with Gasteiger partial charge in [-0.25, -0.2) is 0 Å². The number of rotatable bonds is 8. The minimum absolute atomic E-state index is 0.0262. The number of allylic oxidation sites excluding steroid dienone is 1. The van der Waals surface area contributed by atoms with Crippen LogP contribution in [0.2, 0.25) is 0 Å². The minimum atomic E-state index is -0.0262. The second-order valence-electron chi connectivity index (χ2n) is 5.26. The van der Waals surface area contributed by atoms with E-state index in [9.17, 15) is 4.79 Å². The predicted octanol–water partition coefficient (Wildman–Crippen LogP) is 4.78. The molecule has 1 aliphatic heterocycles. The third-order valence-corrected chi connectivity index (χ3v) is 3.48.